The molecule has 2 N–H and O–H groups in total. The molecule has 5 heterocycles. The zero-order valence-corrected chi connectivity index (χ0v) is 23.5. The van der Waals surface area contributed by atoms with Gasteiger partial charge in [-0.15, -0.1) is 0 Å². The maximum Gasteiger partial charge on any atom is 0.319 e. The summed E-state index contributed by atoms with van der Waals surface area (Å²) in [5.41, 5.74) is -0.599. The van der Waals surface area contributed by atoms with Gasteiger partial charge in [0.15, 0.2) is 17.5 Å². The highest BCUT2D eigenvalue weighted by Gasteiger charge is 2.45. The highest BCUT2D eigenvalue weighted by atomic mass is 19.2. The molecule has 0 radical (unpaired) electrons. The van der Waals surface area contributed by atoms with Crippen molar-refractivity contribution >= 4 is 27.5 Å². The smallest absolute Gasteiger partial charge is 0.319 e. The summed E-state index contributed by atoms with van der Waals surface area (Å²) in [5.74, 6) is -3.21. The number of phenols is 1. The molecule has 3 fully saturated rings. The average Bonchev–Trinajstić information content (AvgIpc) is 3.49. The highest BCUT2D eigenvalue weighted by molar-refractivity contribution is 6.00. The fraction of sp³-hybridized carbons (Fsp3) is 0.452. The van der Waals surface area contributed by atoms with Gasteiger partial charge in [-0.3, -0.25) is 9.88 Å². The lowest BCUT2D eigenvalue weighted by atomic mass is 9.95. The van der Waals surface area contributed by atoms with E-state index in [4.69, 9.17) is 14.5 Å². The van der Waals surface area contributed by atoms with Crippen molar-refractivity contribution in [1.82, 2.24) is 19.9 Å². The lowest BCUT2D eigenvalue weighted by Crippen LogP contribution is -2.43. The normalized spacial score (nSPS) is 20.6. The van der Waals surface area contributed by atoms with Crippen molar-refractivity contribution in [3.8, 4) is 23.0 Å². The van der Waals surface area contributed by atoms with Crippen LogP contribution in [0.25, 0.3) is 32.9 Å². The first-order valence-electron chi connectivity index (χ1n) is 14.7. The van der Waals surface area contributed by atoms with Crippen LogP contribution >= 0.6 is 0 Å². The van der Waals surface area contributed by atoms with Crippen LogP contribution in [0.5, 0.6) is 11.8 Å². The number of hydrogen-bond donors (Lipinski definition) is 2. The van der Waals surface area contributed by atoms with E-state index in [0.717, 1.165) is 50.9 Å². The van der Waals surface area contributed by atoms with E-state index in [0.29, 0.717) is 44.1 Å². The monoisotopic (exact) mass is 595 g/mol. The summed E-state index contributed by atoms with van der Waals surface area (Å²) in [6, 6.07) is 4.70. The second-order valence-corrected chi connectivity index (χ2v) is 11.7. The third-order valence-electron chi connectivity index (χ3n) is 9.07. The van der Waals surface area contributed by atoms with Crippen molar-refractivity contribution in [2.45, 2.75) is 31.2 Å². The molecule has 1 unspecified atom stereocenters. The van der Waals surface area contributed by atoms with Gasteiger partial charge in [0.05, 0.1) is 24.1 Å². The summed E-state index contributed by atoms with van der Waals surface area (Å²) in [6.45, 7) is 3.90. The van der Waals surface area contributed by atoms with Crippen molar-refractivity contribution in [1.29, 1.82) is 0 Å². The molecule has 7 rings (SSSR count). The Balaban J connectivity index is 1.38. The van der Waals surface area contributed by atoms with Crippen LogP contribution in [0, 0.1) is 23.4 Å². The van der Waals surface area contributed by atoms with Crippen LogP contribution in [0.3, 0.4) is 0 Å². The zero-order valence-electron chi connectivity index (χ0n) is 23.5. The lowest BCUT2D eigenvalue weighted by molar-refractivity contribution is 0.0959. The predicted octanol–water partition coefficient (Wildman–Crippen LogP) is 4.42. The van der Waals surface area contributed by atoms with Gasteiger partial charge in [0.25, 0.3) is 0 Å². The fourth-order valence-electron chi connectivity index (χ4n) is 6.93. The number of anilines is 1. The molecule has 0 bridgehead atoms. The Hall–Kier alpha value is -3.74. The largest absolute Gasteiger partial charge is 0.508 e. The molecule has 0 aliphatic carbocycles. The Labute approximate surface area is 245 Å². The maximum atomic E-state index is 16.6. The van der Waals surface area contributed by atoms with E-state index in [-0.39, 0.29) is 57.4 Å². The molecule has 0 amide bonds. The molecule has 1 atom stereocenters. The molecule has 3 saturated heterocycles. The van der Waals surface area contributed by atoms with Gasteiger partial charge in [0, 0.05) is 42.8 Å². The van der Waals surface area contributed by atoms with Crippen molar-refractivity contribution in [3.05, 3.63) is 47.9 Å². The van der Waals surface area contributed by atoms with Crippen LogP contribution in [0.4, 0.5) is 19.0 Å². The molecule has 3 aliphatic heterocycles. The lowest BCUT2D eigenvalue weighted by Gasteiger charge is -2.31. The number of benzene rings is 2. The first-order valence-corrected chi connectivity index (χ1v) is 14.7. The van der Waals surface area contributed by atoms with Crippen LogP contribution in [0.1, 0.15) is 25.7 Å². The highest BCUT2D eigenvalue weighted by Crippen LogP contribution is 2.41. The Bertz CT molecular complexity index is 1700. The number of ether oxygens (including phenoxy) is 2. The summed E-state index contributed by atoms with van der Waals surface area (Å²) in [6.07, 6.45) is 5.58. The standard InChI is InChI=1S/C31H32F3N5O4/c32-23-4-3-19-11-20(41)12-21(24(19)25(23)33)27-26(34)28-22(13-35-27)29(38-9-10-42-16-18(14-38)15-40)37-30(36-28)43-17-31-5-1-7-39(31)8-2-6-31/h3-4,11-13,18,40-41H,1-2,5-10,14-17H2. The first-order chi connectivity index (χ1) is 20.9. The van der Waals surface area contributed by atoms with Crippen molar-refractivity contribution in [2.75, 3.05) is 57.5 Å². The van der Waals surface area contributed by atoms with E-state index in [9.17, 15) is 14.6 Å². The van der Waals surface area contributed by atoms with E-state index in [1.807, 2.05) is 4.90 Å². The molecule has 12 heteroatoms. The quantitative estimate of drug-likeness (QED) is 0.335. The van der Waals surface area contributed by atoms with Gasteiger partial charge in [0.1, 0.15) is 29.4 Å². The topological polar surface area (TPSA) is 104 Å². The average molecular weight is 596 g/mol. The van der Waals surface area contributed by atoms with Crippen LogP contribution in [0.15, 0.2) is 30.5 Å². The number of aromatic nitrogens is 3. The van der Waals surface area contributed by atoms with Gasteiger partial charge < -0.3 is 24.6 Å². The third-order valence-corrected chi connectivity index (χ3v) is 9.07. The molecule has 3 aliphatic rings. The number of aromatic hydroxyl groups is 1. The summed E-state index contributed by atoms with van der Waals surface area (Å²) in [7, 11) is 0. The van der Waals surface area contributed by atoms with Gasteiger partial charge in [-0.05, 0) is 62.4 Å². The second-order valence-electron chi connectivity index (χ2n) is 11.7. The number of fused-ring (bicyclic) bond motifs is 3. The van der Waals surface area contributed by atoms with E-state index in [1.54, 1.807) is 0 Å². The third kappa shape index (κ3) is 4.91. The van der Waals surface area contributed by atoms with Crippen molar-refractivity contribution in [2.24, 2.45) is 5.92 Å². The van der Waals surface area contributed by atoms with Crippen LogP contribution in [0.2, 0.25) is 0 Å². The number of phenolic OH excluding ortho intramolecular Hbond substituents is 1. The molecule has 2 aromatic heterocycles. The number of pyridine rings is 1. The fourth-order valence-corrected chi connectivity index (χ4v) is 6.93. The maximum absolute atomic E-state index is 16.6. The Morgan fingerprint density at radius 3 is 2.65 bits per heavy atom. The SMILES string of the molecule is OCC1COCCN(c2nc(OCC34CCCN3CCC4)nc3c(F)c(-c4cc(O)cc5ccc(F)c(F)c45)ncc23)C1. The summed E-state index contributed by atoms with van der Waals surface area (Å²) < 4.78 is 57.8. The number of aliphatic hydroxyl groups excluding tert-OH is 1. The number of halogens is 3. The summed E-state index contributed by atoms with van der Waals surface area (Å²) in [5, 5.41) is 20.5. The zero-order chi connectivity index (χ0) is 29.7. The Kier molecular flexibility index (Phi) is 7.22. The van der Waals surface area contributed by atoms with E-state index < -0.39 is 17.5 Å². The van der Waals surface area contributed by atoms with Crippen LogP contribution in [-0.4, -0.2) is 88.2 Å². The van der Waals surface area contributed by atoms with Crippen molar-refractivity contribution in [3.63, 3.8) is 0 Å². The molecule has 2 aromatic carbocycles. The minimum Gasteiger partial charge on any atom is -0.508 e. The molecular weight excluding hydrogens is 563 g/mol. The Morgan fingerprint density at radius 2 is 1.86 bits per heavy atom. The number of hydrogen-bond acceptors (Lipinski definition) is 9. The van der Waals surface area contributed by atoms with Gasteiger partial charge in [-0.1, -0.05) is 6.07 Å². The number of rotatable bonds is 6. The van der Waals surface area contributed by atoms with E-state index in [2.05, 4.69) is 14.9 Å². The summed E-state index contributed by atoms with van der Waals surface area (Å²) in [4.78, 5) is 17.9. The van der Waals surface area contributed by atoms with Crippen LogP contribution < -0.4 is 9.64 Å². The van der Waals surface area contributed by atoms with Crippen LogP contribution in [-0.2, 0) is 4.74 Å². The molecular formula is C31H32F3N5O4. The van der Waals surface area contributed by atoms with Crippen molar-refractivity contribution < 1.29 is 32.9 Å². The molecule has 0 spiro atoms. The van der Waals surface area contributed by atoms with E-state index in [1.165, 1.54) is 18.3 Å². The number of aliphatic hydroxyl groups is 1. The van der Waals surface area contributed by atoms with Gasteiger partial charge in [0.2, 0.25) is 0 Å². The second kappa shape index (κ2) is 11.1. The molecule has 0 saturated carbocycles. The predicted molar refractivity (Wildman–Crippen MR) is 154 cm³/mol. The van der Waals surface area contributed by atoms with Gasteiger partial charge >= 0.3 is 6.01 Å². The van der Waals surface area contributed by atoms with E-state index >= 15 is 8.78 Å². The first kappa shape index (κ1) is 28.1. The number of nitrogens with zero attached hydrogens (tertiary/aromatic N) is 5. The summed E-state index contributed by atoms with van der Waals surface area (Å²) >= 11 is 0. The Morgan fingerprint density at radius 1 is 1.05 bits per heavy atom. The van der Waals surface area contributed by atoms with Gasteiger partial charge in [-0.25, -0.2) is 13.2 Å². The molecule has 9 nitrogen and oxygen atoms in total. The van der Waals surface area contributed by atoms with Gasteiger partial charge in [-0.2, -0.15) is 9.97 Å². The minimum absolute atomic E-state index is 0.00428. The molecule has 43 heavy (non-hydrogen) atoms. The molecule has 4 aromatic rings. The minimum atomic E-state index is -1.17. The molecule has 226 valence electrons.